The van der Waals surface area contributed by atoms with Gasteiger partial charge in [0.2, 0.25) is 0 Å². The molecule has 156 valence electrons. The number of aliphatic hydroxyl groups excluding tert-OH is 1. The van der Waals surface area contributed by atoms with Crippen LogP contribution in [0.4, 0.5) is 0 Å². The van der Waals surface area contributed by atoms with Crippen molar-refractivity contribution in [3.63, 3.8) is 0 Å². The van der Waals surface area contributed by atoms with Crippen molar-refractivity contribution < 1.29 is 9.84 Å². The Bertz CT molecular complexity index is 652. The fourth-order valence-corrected chi connectivity index (χ4v) is 3.93. The van der Waals surface area contributed by atoms with Crippen LogP contribution in [0.5, 0.6) is 0 Å². The lowest BCUT2D eigenvalue weighted by Gasteiger charge is -2.32. The summed E-state index contributed by atoms with van der Waals surface area (Å²) in [6.07, 6.45) is 9.45. The molecule has 0 aliphatic heterocycles. The quantitative estimate of drug-likeness (QED) is 0.418. The van der Waals surface area contributed by atoms with Gasteiger partial charge in [0.05, 0.1) is 23.9 Å². The molecule has 28 heavy (non-hydrogen) atoms. The third-order valence-electron chi connectivity index (χ3n) is 4.90. The van der Waals surface area contributed by atoms with Gasteiger partial charge in [-0.1, -0.05) is 48.2 Å². The first kappa shape index (κ1) is 23.2. The van der Waals surface area contributed by atoms with Gasteiger partial charge in [-0.25, -0.2) is 0 Å². The van der Waals surface area contributed by atoms with Gasteiger partial charge >= 0.3 is 0 Å². The summed E-state index contributed by atoms with van der Waals surface area (Å²) >= 11 is 12.3. The summed E-state index contributed by atoms with van der Waals surface area (Å²) < 4.78 is 5.67. The van der Waals surface area contributed by atoms with E-state index in [1.54, 1.807) is 0 Å². The van der Waals surface area contributed by atoms with Crippen molar-refractivity contribution in [1.82, 2.24) is 10.3 Å². The van der Waals surface area contributed by atoms with Crippen molar-refractivity contribution in [2.75, 3.05) is 32.9 Å². The topological polar surface area (TPSA) is 80.4 Å². The van der Waals surface area contributed by atoms with Gasteiger partial charge in [-0.15, -0.1) is 0 Å². The summed E-state index contributed by atoms with van der Waals surface area (Å²) in [6, 6.07) is 5.94. The van der Waals surface area contributed by atoms with E-state index in [0.29, 0.717) is 28.7 Å². The lowest BCUT2D eigenvalue weighted by Crippen LogP contribution is -2.38. The number of unbranched alkanes of at least 4 members (excludes halogenated alkanes) is 3. The Morgan fingerprint density at radius 1 is 1.18 bits per heavy atom. The molecule has 1 heterocycles. The normalized spacial score (nSPS) is 19.8. The molecule has 0 bridgehead atoms. The maximum Gasteiger partial charge on any atom is 0.0648 e. The number of allylic oxidation sites excluding steroid dienone is 2. The van der Waals surface area contributed by atoms with E-state index >= 15 is 0 Å². The molecule has 4 N–H and O–H groups in total. The van der Waals surface area contributed by atoms with Gasteiger partial charge in [-0.05, 0) is 37.9 Å². The first-order valence-electron chi connectivity index (χ1n) is 9.88. The van der Waals surface area contributed by atoms with Crippen LogP contribution in [0, 0.1) is 5.41 Å². The molecule has 1 aromatic heterocycles. The second-order valence-electron chi connectivity index (χ2n) is 7.28. The van der Waals surface area contributed by atoms with Gasteiger partial charge < -0.3 is 20.9 Å². The van der Waals surface area contributed by atoms with Gasteiger partial charge in [-0.2, -0.15) is 0 Å². The Labute approximate surface area is 178 Å². The molecule has 0 amide bonds. The largest absolute Gasteiger partial charge is 0.397 e. The standard InChI is InChI=1S/C21H31Cl2N3O2/c22-18-13-21(16-27,14-19(23)20(18)24)15-25-9-4-1-2-6-11-28-12-8-17-7-3-5-10-26-17/h3,5,7,10,13,25,27H,1-2,4,6,8-9,11-12,14-16,24H2. The number of nitrogens with zero attached hydrogens (tertiary/aromatic N) is 1. The van der Waals surface area contributed by atoms with E-state index < -0.39 is 5.41 Å². The number of halogens is 2. The number of hydrogen-bond acceptors (Lipinski definition) is 5. The highest BCUT2D eigenvalue weighted by molar-refractivity contribution is 6.35. The van der Waals surface area contributed by atoms with Gasteiger partial charge in [0.25, 0.3) is 0 Å². The van der Waals surface area contributed by atoms with Crippen LogP contribution in [-0.2, 0) is 11.2 Å². The molecule has 1 unspecified atom stereocenters. The van der Waals surface area contributed by atoms with Crippen molar-refractivity contribution in [3.05, 3.63) is 51.9 Å². The Hall–Kier alpha value is -1.11. The second kappa shape index (κ2) is 12.5. The zero-order valence-corrected chi connectivity index (χ0v) is 17.8. The molecule has 7 heteroatoms. The van der Waals surface area contributed by atoms with Gasteiger partial charge in [0.15, 0.2) is 0 Å². The van der Waals surface area contributed by atoms with E-state index in [2.05, 4.69) is 10.3 Å². The van der Waals surface area contributed by atoms with Crippen LogP contribution >= 0.6 is 23.2 Å². The Morgan fingerprint density at radius 2 is 2.00 bits per heavy atom. The molecule has 0 saturated carbocycles. The van der Waals surface area contributed by atoms with Crippen molar-refractivity contribution in [2.45, 2.75) is 38.5 Å². The van der Waals surface area contributed by atoms with Crippen LogP contribution in [0.25, 0.3) is 0 Å². The van der Waals surface area contributed by atoms with E-state index in [1.807, 2.05) is 30.5 Å². The second-order valence-corrected chi connectivity index (χ2v) is 8.15. The first-order chi connectivity index (χ1) is 13.6. The summed E-state index contributed by atoms with van der Waals surface area (Å²) in [5, 5.41) is 14.2. The average Bonchev–Trinajstić information content (AvgIpc) is 2.71. The summed E-state index contributed by atoms with van der Waals surface area (Å²) in [6.45, 7) is 3.02. The minimum absolute atomic E-state index is 0.0183. The van der Waals surface area contributed by atoms with Crippen molar-refractivity contribution in [3.8, 4) is 0 Å². The number of ether oxygens (including phenoxy) is 1. The lowest BCUT2D eigenvalue weighted by molar-refractivity contribution is 0.132. The van der Waals surface area contributed by atoms with E-state index in [1.165, 1.54) is 0 Å². The van der Waals surface area contributed by atoms with Gasteiger partial charge in [0.1, 0.15) is 0 Å². The number of hydrogen-bond donors (Lipinski definition) is 3. The maximum atomic E-state index is 9.80. The van der Waals surface area contributed by atoms with Crippen LogP contribution in [0.1, 0.15) is 37.8 Å². The van der Waals surface area contributed by atoms with Gasteiger partial charge in [0, 0.05) is 41.9 Å². The highest BCUT2D eigenvalue weighted by Crippen LogP contribution is 2.38. The Morgan fingerprint density at radius 3 is 2.71 bits per heavy atom. The highest BCUT2D eigenvalue weighted by Gasteiger charge is 2.32. The minimum atomic E-state index is -0.474. The molecule has 1 atom stereocenters. The minimum Gasteiger partial charge on any atom is -0.397 e. The van der Waals surface area contributed by atoms with E-state index in [4.69, 9.17) is 33.7 Å². The molecule has 0 saturated heterocycles. The highest BCUT2D eigenvalue weighted by atomic mass is 35.5. The summed E-state index contributed by atoms with van der Waals surface area (Å²) in [5.41, 5.74) is 6.82. The molecule has 0 radical (unpaired) electrons. The van der Waals surface area contributed by atoms with E-state index in [0.717, 1.165) is 57.6 Å². The Kier molecular flexibility index (Phi) is 10.3. The summed E-state index contributed by atoms with van der Waals surface area (Å²) in [5.74, 6) is 0. The third-order valence-corrected chi connectivity index (χ3v) is 5.55. The van der Waals surface area contributed by atoms with E-state index in [-0.39, 0.29) is 6.61 Å². The lowest BCUT2D eigenvalue weighted by atomic mass is 9.81. The average molecular weight is 428 g/mol. The predicted molar refractivity (Wildman–Crippen MR) is 115 cm³/mol. The van der Waals surface area contributed by atoms with Crippen LogP contribution < -0.4 is 11.1 Å². The molecule has 1 aliphatic carbocycles. The zero-order valence-electron chi connectivity index (χ0n) is 16.3. The van der Waals surface area contributed by atoms with Gasteiger partial charge in [-0.3, -0.25) is 4.98 Å². The maximum absolute atomic E-state index is 9.80. The van der Waals surface area contributed by atoms with Crippen molar-refractivity contribution in [2.24, 2.45) is 11.1 Å². The van der Waals surface area contributed by atoms with Crippen LogP contribution in [0.2, 0.25) is 0 Å². The smallest absolute Gasteiger partial charge is 0.0648 e. The molecule has 1 aliphatic rings. The molecule has 0 spiro atoms. The monoisotopic (exact) mass is 427 g/mol. The Balaban J connectivity index is 1.48. The molecular weight excluding hydrogens is 397 g/mol. The van der Waals surface area contributed by atoms with Crippen LogP contribution in [0.15, 0.2) is 46.2 Å². The summed E-state index contributed by atoms with van der Waals surface area (Å²) in [7, 11) is 0. The molecule has 2 rings (SSSR count). The first-order valence-corrected chi connectivity index (χ1v) is 10.6. The van der Waals surface area contributed by atoms with Crippen molar-refractivity contribution >= 4 is 23.2 Å². The number of pyridine rings is 1. The van der Waals surface area contributed by atoms with Crippen molar-refractivity contribution in [1.29, 1.82) is 0 Å². The third kappa shape index (κ3) is 7.72. The molecule has 0 fully saturated rings. The number of aromatic nitrogens is 1. The van der Waals surface area contributed by atoms with E-state index in [9.17, 15) is 5.11 Å². The summed E-state index contributed by atoms with van der Waals surface area (Å²) in [4.78, 5) is 4.28. The number of aliphatic hydroxyl groups is 1. The van der Waals surface area contributed by atoms with Crippen LogP contribution in [0.3, 0.4) is 0 Å². The molecule has 1 aromatic rings. The predicted octanol–water partition coefficient (Wildman–Crippen LogP) is 3.70. The molecule has 5 nitrogen and oxygen atoms in total. The SMILES string of the molecule is NC1=C(Cl)CC(CO)(CNCCCCCCOCCc2ccccn2)C=C1Cl. The van der Waals surface area contributed by atoms with Crippen LogP contribution in [-0.4, -0.2) is 43.0 Å². The number of nitrogens with one attached hydrogen (secondary N) is 1. The fourth-order valence-electron chi connectivity index (χ4n) is 3.17. The molecule has 0 aromatic carbocycles. The molecular formula is C21H31Cl2N3O2. The fraction of sp³-hybridized carbons (Fsp3) is 0.571. The zero-order chi connectivity index (χ0) is 20.2. The number of rotatable bonds is 13. The number of nitrogens with two attached hydrogens (primary N) is 1.